The molecule has 5 nitrogen and oxygen atoms in total. The zero-order valence-corrected chi connectivity index (χ0v) is 11.8. The van der Waals surface area contributed by atoms with Gasteiger partial charge in [0.25, 0.3) is 0 Å². The van der Waals surface area contributed by atoms with E-state index in [0.717, 1.165) is 32.6 Å². The minimum Gasteiger partial charge on any atom is -0.387 e. The molecule has 1 saturated heterocycles. The summed E-state index contributed by atoms with van der Waals surface area (Å²) in [5.74, 6) is 0. The van der Waals surface area contributed by atoms with Crippen molar-refractivity contribution in [2.75, 3.05) is 33.7 Å². The van der Waals surface area contributed by atoms with E-state index in [-0.39, 0.29) is 0 Å². The Balaban J connectivity index is 1.95. The number of likely N-dealkylation sites (tertiary alicyclic amines) is 1. The van der Waals surface area contributed by atoms with Gasteiger partial charge in [-0.1, -0.05) is 0 Å². The van der Waals surface area contributed by atoms with Crippen molar-refractivity contribution in [3.05, 3.63) is 17.5 Å². The number of aliphatic hydroxyl groups is 1. The molecule has 0 aliphatic carbocycles. The summed E-state index contributed by atoms with van der Waals surface area (Å²) in [6, 6.07) is 0. The molecule has 0 amide bonds. The van der Waals surface area contributed by atoms with E-state index < -0.39 is 5.60 Å². The molecular formula is C13H24N4O. The van der Waals surface area contributed by atoms with Crippen molar-refractivity contribution in [2.24, 2.45) is 7.05 Å². The largest absolute Gasteiger partial charge is 0.387 e. The average molecular weight is 252 g/mol. The van der Waals surface area contributed by atoms with Crippen LogP contribution in [0.4, 0.5) is 0 Å². The van der Waals surface area contributed by atoms with E-state index in [0.29, 0.717) is 0 Å². The second kappa shape index (κ2) is 4.99. The van der Waals surface area contributed by atoms with E-state index in [9.17, 15) is 5.11 Å². The number of hydrogen-bond acceptors (Lipinski definition) is 4. The highest BCUT2D eigenvalue weighted by Gasteiger charge is 2.36. The summed E-state index contributed by atoms with van der Waals surface area (Å²) in [5.41, 5.74) is 1.91. The number of aromatic nitrogens is 2. The van der Waals surface area contributed by atoms with Gasteiger partial charge in [-0.15, -0.1) is 0 Å². The Labute approximate surface area is 109 Å². The Morgan fingerprint density at radius 1 is 1.50 bits per heavy atom. The molecule has 0 saturated carbocycles. The maximum absolute atomic E-state index is 10.5. The summed E-state index contributed by atoms with van der Waals surface area (Å²) in [4.78, 5) is 4.37. The van der Waals surface area contributed by atoms with Crippen LogP contribution in [0, 0.1) is 6.92 Å². The van der Waals surface area contributed by atoms with E-state index in [4.69, 9.17) is 0 Å². The number of aryl methyl sites for hydroxylation is 1. The molecule has 0 spiro atoms. The third kappa shape index (κ3) is 2.91. The number of hydrogen-bond donors (Lipinski definition) is 1. The molecule has 5 heteroatoms. The van der Waals surface area contributed by atoms with Crippen LogP contribution in [0.3, 0.4) is 0 Å². The molecule has 1 atom stereocenters. The zero-order valence-electron chi connectivity index (χ0n) is 11.8. The van der Waals surface area contributed by atoms with Crippen LogP contribution in [0.2, 0.25) is 0 Å². The molecule has 18 heavy (non-hydrogen) atoms. The van der Waals surface area contributed by atoms with Gasteiger partial charge in [-0.3, -0.25) is 9.58 Å². The maximum atomic E-state index is 10.5. The van der Waals surface area contributed by atoms with E-state index in [1.165, 1.54) is 11.3 Å². The number of likely N-dealkylation sites (N-methyl/N-ethyl adjacent to an activating group) is 1. The quantitative estimate of drug-likeness (QED) is 0.833. The molecule has 0 radical (unpaired) electrons. The molecule has 1 fully saturated rings. The van der Waals surface area contributed by atoms with Crippen LogP contribution in [-0.4, -0.2) is 64.0 Å². The number of β-amino-alcohol motifs (C(OH)–C–C–N with tert-alkyl or cyclic N) is 1. The second-order valence-electron chi connectivity index (χ2n) is 5.80. The summed E-state index contributed by atoms with van der Waals surface area (Å²) < 4.78 is 1.90. The Hall–Kier alpha value is -0.910. The van der Waals surface area contributed by atoms with Crippen LogP contribution in [-0.2, 0) is 13.6 Å². The predicted molar refractivity (Wildman–Crippen MR) is 71.3 cm³/mol. The van der Waals surface area contributed by atoms with Gasteiger partial charge in [0, 0.05) is 44.5 Å². The molecule has 0 bridgehead atoms. The van der Waals surface area contributed by atoms with Crippen LogP contribution in [0.1, 0.15) is 17.7 Å². The minimum absolute atomic E-state index is 0.556. The molecule has 1 aliphatic rings. The first-order valence-electron chi connectivity index (χ1n) is 6.46. The lowest BCUT2D eigenvalue weighted by Crippen LogP contribution is -2.42. The van der Waals surface area contributed by atoms with Crippen molar-refractivity contribution in [1.29, 1.82) is 0 Å². The van der Waals surface area contributed by atoms with Crippen molar-refractivity contribution in [3.63, 3.8) is 0 Å². The minimum atomic E-state index is -0.556. The maximum Gasteiger partial charge on any atom is 0.0912 e. The SMILES string of the molecule is Cc1c(CN2CC[C@@](O)(CN(C)C)C2)cnn1C. The smallest absolute Gasteiger partial charge is 0.0912 e. The summed E-state index contributed by atoms with van der Waals surface area (Å²) in [7, 11) is 5.98. The van der Waals surface area contributed by atoms with Gasteiger partial charge in [0.2, 0.25) is 0 Å². The van der Waals surface area contributed by atoms with Crippen molar-refractivity contribution in [2.45, 2.75) is 25.5 Å². The van der Waals surface area contributed by atoms with Crippen LogP contribution < -0.4 is 0 Å². The molecule has 0 aromatic carbocycles. The van der Waals surface area contributed by atoms with Crippen molar-refractivity contribution >= 4 is 0 Å². The topological polar surface area (TPSA) is 44.5 Å². The molecule has 2 rings (SSSR count). The van der Waals surface area contributed by atoms with E-state index in [2.05, 4.69) is 21.8 Å². The van der Waals surface area contributed by atoms with Gasteiger partial charge in [-0.25, -0.2) is 0 Å². The first-order chi connectivity index (χ1) is 8.39. The highest BCUT2D eigenvalue weighted by molar-refractivity contribution is 5.16. The predicted octanol–water partition coefficient (Wildman–Crippen LogP) is 0.227. The van der Waals surface area contributed by atoms with Gasteiger partial charge in [0.1, 0.15) is 0 Å². The van der Waals surface area contributed by atoms with Gasteiger partial charge >= 0.3 is 0 Å². The molecule has 1 aliphatic heterocycles. The lowest BCUT2D eigenvalue weighted by molar-refractivity contribution is 0.0240. The molecule has 2 heterocycles. The Morgan fingerprint density at radius 3 is 2.78 bits per heavy atom. The molecule has 1 N–H and O–H groups in total. The highest BCUT2D eigenvalue weighted by atomic mass is 16.3. The highest BCUT2D eigenvalue weighted by Crippen LogP contribution is 2.24. The van der Waals surface area contributed by atoms with Crippen molar-refractivity contribution in [1.82, 2.24) is 19.6 Å². The zero-order chi connectivity index (χ0) is 13.3. The van der Waals surface area contributed by atoms with Crippen LogP contribution >= 0.6 is 0 Å². The van der Waals surface area contributed by atoms with Gasteiger partial charge < -0.3 is 10.0 Å². The number of nitrogens with zero attached hydrogens (tertiary/aromatic N) is 4. The van der Waals surface area contributed by atoms with E-state index in [1.54, 1.807) is 0 Å². The fourth-order valence-corrected chi connectivity index (χ4v) is 2.73. The number of rotatable bonds is 4. The first kappa shape index (κ1) is 13.5. The summed E-state index contributed by atoms with van der Waals surface area (Å²) in [6.07, 6.45) is 2.78. The normalized spacial score (nSPS) is 25.2. The summed E-state index contributed by atoms with van der Waals surface area (Å²) >= 11 is 0. The third-order valence-corrected chi connectivity index (χ3v) is 3.75. The van der Waals surface area contributed by atoms with Gasteiger partial charge in [-0.2, -0.15) is 5.10 Å². The Morgan fingerprint density at radius 2 is 2.22 bits per heavy atom. The summed E-state index contributed by atoms with van der Waals surface area (Å²) in [5, 5.41) is 14.7. The van der Waals surface area contributed by atoms with Crippen molar-refractivity contribution < 1.29 is 5.11 Å². The molecule has 1 aromatic rings. The Bertz CT molecular complexity index is 415. The third-order valence-electron chi connectivity index (χ3n) is 3.75. The van der Waals surface area contributed by atoms with Gasteiger partial charge in [0.15, 0.2) is 0 Å². The average Bonchev–Trinajstić information content (AvgIpc) is 2.76. The molecular weight excluding hydrogens is 228 g/mol. The summed E-state index contributed by atoms with van der Waals surface area (Å²) in [6.45, 7) is 5.41. The fraction of sp³-hybridized carbons (Fsp3) is 0.769. The van der Waals surface area contributed by atoms with E-state index >= 15 is 0 Å². The van der Waals surface area contributed by atoms with Gasteiger partial charge in [0.05, 0.1) is 11.8 Å². The van der Waals surface area contributed by atoms with Crippen LogP contribution in [0.5, 0.6) is 0 Å². The van der Waals surface area contributed by atoms with E-state index in [1.807, 2.05) is 32.0 Å². The Kier molecular flexibility index (Phi) is 3.75. The second-order valence-corrected chi connectivity index (χ2v) is 5.80. The molecule has 0 unspecified atom stereocenters. The van der Waals surface area contributed by atoms with Gasteiger partial charge in [-0.05, 0) is 27.4 Å². The van der Waals surface area contributed by atoms with Crippen LogP contribution in [0.15, 0.2) is 6.20 Å². The lowest BCUT2D eigenvalue weighted by Gasteiger charge is -2.26. The lowest BCUT2D eigenvalue weighted by atomic mass is 10.0. The molecule has 1 aromatic heterocycles. The monoisotopic (exact) mass is 252 g/mol. The molecule has 102 valence electrons. The van der Waals surface area contributed by atoms with Crippen molar-refractivity contribution in [3.8, 4) is 0 Å². The first-order valence-corrected chi connectivity index (χ1v) is 6.46. The standard InChI is InChI=1S/C13H24N4O/c1-11-12(7-14-16(11)4)8-17-6-5-13(18,10-17)9-15(2)3/h7,18H,5-6,8-10H2,1-4H3/t13-/m1/s1. The van der Waals surface area contributed by atoms with Crippen LogP contribution in [0.25, 0.3) is 0 Å². The fourth-order valence-electron chi connectivity index (χ4n) is 2.73.